The molecule has 186 valence electrons. The van der Waals surface area contributed by atoms with Crippen molar-refractivity contribution < 1.29 is 28.9 Å². The van der Waals surface area contributed by atoms with Gasteiger partial charge in [-0.2, -0.15) is 0 Å². The number of carbonyl (C=O) groups is 2. The van der Waals surface area contributed by atoms with Gasteiger partial charge in [0.1, 0.15) is 23.9 Å². The number of carbonyl (C=O) groups excluding carboxylic acids is 2. The Morgan fingerprint density at radius 3 is 2.36 bits per heavy atom. The molecule has 1 N–H and O–H groups in total. The smallest absolute Gasteiger partial charge is 0.295 e. The molecule has 3 aromatic rings. The van der Waals surface area contributed by atoms with E-state index in [4.69, 9.17) is 14.2 Å². The summed E-state index contributed by atoms with van der Waals surface area (Å²) in [5, 5.41) is 11.2. The van der Waals surface area contributed by atoms with Gasteiger partial charge < -0.3 is 24.2 Å². The average molecular weight is 488 g/mol. The van der Waals surface area contributed by atoms with Gasteiger partial charge in [-0.1, -0.05) is 54.6 Å². The maximum Gasteiger partial charge on any atom is 0.295 e. The second kappa shape index (κ2) is 11.6. The normalized spacial score (nSPS) is 16.8. The lowest BCUT2D eigenvalue weighted by Crippen LogP contribution is -2.32. The molecule has 1 fully saturated rings. The Hall–Kier alpha value is -4.10. The van der Waals surface area contributed by atoms with E-state index in [0.717, 1.165) is 5.56 Å². The van der Waals surface area contributed by atoms with E-state index >= 15 is 0 Å². The molecular formula is C29H29NO6. The molecule has 0 spiro atoms. The highest BCUT2D eigenvalue weighted by atomic mass is 16.5. The van der Waals surface area contributed by atoms with E-state index in [1.54, 1.807) is 48.5 Å². The van der Waals surface area contributed by atoms with Gasteiger partial charge in [0.05, 0.1) is 24.8 Å². The van der Waals surface area contributed by atoms with Gasteiger partial charge in [0.2, 0.25) is 0 Å². The molecule has 1 unspecified atom stereocenters. The number of methoxy groups -OCH3 is 1. The monoisotopic (exact) mass is 487 g/mol. The van der Waals surface area contributed by atoms with Crippen molar-refractivity contribution in [1.29, 1.82) is 0 Å². The number of nitrogens with zero attached hydrogens (tertiary/aromatic N) is 1. The summed E-state index contributed by atoms with van der Waals surface area (Å²) >= 11 is 0. The molecule has 0 bridgehead atoms. The van der Waals surface area contributed by atoms with Crippen LogP contribution in [0.4, 0.5) is 0 Å². The van der Waals surface area contributed by atoms with Crippen LogP contribution in [0.15, 0.2) is 84.4 Å². The van der Waals surface area contributed by atoms with Gasteiger partial charge in [-0.15, -0.1) is 0 Å². The Bertz CT molecular complexity index is 1240. The van der Waals surface area contributed by atoms with Crippen molar-refractivity contribution in [2.24, 2.45) is 0 Å². The molecular weight excluding hydrogens is 458 g/mol. The maximum absolute atomic E-state index is 13.1. The molecule has 3 aromatic carbocycles. The Balaban J connectivity index is 1.68. The number of aliphatic hydroxyl groups excluding tert-OH is 1. The van der Waals surface area contributed by atoms with Crippen LogP contribution < -0.4 is 9.47 Å². The Kier molecular flexibility index (Phi) is 8.02. The number of aliphatic hydroxyl groups is 1. The molecule has 7 heteroatoms. The fourth-order valence-electron chi connectivity index (χ4n) is 4.19. The molecule has 0 saturated carbocycles. The first-order chi connectivity index (χ1) is 17.5. The van der Waals surface area contributed by atoms with Crippen molar-refractivity contribution in [3.8, 4) is 11.5 Å². The molecule has 4 rings (SSSR count). The zero-order valence-electron chi connectivity index (χ0n) is 20.3. The van der Waals surface area contributed by atoms with Gasteiger partial charge in [-0.05, 0) is 42.3 Å². The fraction of sp³-hybridized carbons (Fsp3) is 0.241. The van der Waals surface area contributed by atoms with E-state index in [0.29, 0.717) is 35.8 Å². The summed E-state index contributed by atoms with van der Waals surface area (Å²) < 4.78 is 16.6. The second-order valence-corrected chi connectivity index (χ2v) is 8.29. The molecule has 1 amide bonds. The summed E-state index contributed by atoms with van der Waals surface area (Å²) in [6.45, 7) is 3.20. The van der Waals surface area contributed by atoms with Crippen LogP contribution in [-0.2, 0) is 20.9 Å². The highest BCUT2D eigenvalue weighted by Gasteiger charge is 2.45. The number of rotatable bonds is 10. The number of ether oxygens (including phenoxy) is 3. The first-order valence-electron chi connectivity index (χ1n) is 11.8. The van der Waals surface area contributed by atoms with Crippen LogP contribution in [0.2, 0.25) is 0 Å². The van der Waals surface area contributed by atoms with Crippen molar-refractivity contribution in [2.45, 2.75) is 19.6 Å². The van der Waals surface area contributed by atoms with Crippen molar-refractivity contribution in [3.05, 3.63) is 101 Å². The third-order valence-corrected chi connectivity index (χ3v) is 5.94. The molecule has 1 aliphatic heterocycles. The Labute approximate surface area is 210 Å². The number of ketones is 1. The van der Waals surface area contributed by atoms with Crippen LogP contribution in [0.5, 0.6) is 11.5 Å². The third kappa shape index (κ3) is 5.42. The minimum Gasteiger partial charge on any atom is -0.507 e. The molecule has 1 aliphatic rings. The minimum absolute atomic E-state index is 0.0303. The number of likely N-dealkylation sites (tertiary alicyclic amines) is 1. The molecule has 1 heterocycles. The van der Waals surface area contributed by atoms with Crippen molar-refractivity contribution in [3.63, 3.8) is 0 Å². The number of benzene rings is 3. The number of hydrogen-bond donors (Lipinski definition) is 1. The number of hydrogen-bond acceptors (Lipinski definition) is 6. The highest BCUT2D eigenvalue weighted by Crippen LogP contribution is 2.40. The first-order valence-corrected chi connectivity index (χ1v) is 11.8. The summed E-state index contributed by atoms with van der Waals surface area (Å²) in [7, 11) is 1.53. The van der Waals surface area contributed by atoms with Gasteiger partial charge in [0.15, 0.2) is 0 Å². The van der Waals surface area contributed by atoms with E-state index < -0.39 is 17.7 Å². The van der Waals surface area contributed by atoms with Gasteiger partial charge >= 0.3 is 0 Å². The molecule has 7 nitrogen and oxygen atoms in total. The number of Topliss-reactive ketones (excluding diaryl/α,β-unsaturated/α-hetero) is 1. The van der Waals surface area contributed by atoms with Crippen molar-refractivity contribution >= 4 is 17.4 Å². The molecule has 0 radical (unpaired) electrons. The average Bonchev–Trinajstić information content (AvgIpc) is 3.16. The quantitative estimate of drug-likeness (QED) is 0.253. The third-order valence-electron chi connectivity index (χ3n) is 5.94. The van der Waals surface area contributed by atoms with Crippen LogP contribution in [0.3, 0.4) is 0 Å². The minimum atomic E-state index is -0.765. The molecule has 1 saturated heterocycles. The highest BCUT2D eigenvalue weighted by molar-refractivity contribution is 6.46. The van der Waals surface area contributed by atoms with E-state index in [1.165, 1.54) is 12.0 Å². The zero-order chi connectivity index (χ0) is 25.5. The second-order valence-electron chi connectivity index (χ2n) is 8.29. The Morgan fingerprint density at radius 2 is 1.67 bits per heavy atom. The van der Waals surface area contributed by atoms with Crippen LogP contribution in [0, 0.1) is 0 Å². The fourth-order valence-corrected chi connectivity index (χ4v) is 4.19. The SMILES string of the molecule is CCOc1cccc(C(O)=C2C(=O)C(=O)N(CCOC)C2c2ccc(OCc3ccccc3)cc2)c1. The molecule has 36 heavy (non-hydrogen) atoms. The predicted octanol–water partition coefficient (Wildman–Crippen LogP) is 4.73. The van der Waals surface area contributed by atoms with Crippen molar-refractivity contribution in [2.75, 3.05) is 26.9 Å². The molecule has 0 aliphatic carbocycles. The standard InChI is InChI=1S/C29H29NO6/c1-3-35-24-11-7-10-22(18-24)27(31)25-26(30(16-17-34-2)29(33)28(25)32)21-12-14-23(15-13-21)36-19-20-8-5-4-6-9-20/h4-15,18,26,31H,3,16-17,19H2,1-2H3. The van der Waals surface area contributed by atoms with Crippen LogP contribution >= 0.6 is 0 Å². The van der Waals surface area contributed by atoms with E-state index in [9.17, 15) is 14.7 Å². The van der Waals surface area contributed by atoms with E-state index in [1.807, 2.05) is 37.3 Å². The summed E-state index contributed by atoms with van der Waals surface area (Å²) in [6, 6.07) is 23.1. The van der Waals surface area contributed by atoms with Crippen LogP contribution in [-0.4, -0.2) is 48.6 Å². The predicted molar refractivity (Wildman–Crippen MR) is 136 cm³/mol. The van der Waals surface area contributed by atoms with Gasteiger partial charge in [-0.25, -0.2) is 0 Å². The lowest BCUT2D eigenvalue weighted by atomic mass is 9.95. The zero-order valence-corrected chi connectivity index (χ0v) is 20.3. The lowest BCUT2D eigenvalue weighted by Gasteiger charge is -2.25. The van der Waals surface area contributed by atoms with E-state index in [-0.39, 0.29) is 24.5 Å². The van der Waals surface area contributed by atoms with E-state index in [2.05, 4.69) is 0 Å². The van der Waals surface area contributed by atoms with Gasteiger partial charge in [0, 0.05) is 19.2 Å². The van der Waals surface area contributed by atoms with Crippen LogP contribution in [0.25, 0.3) is 5.76 Å². The molecule has 1 atom stereocenters. The lowest BCUT2D eigenvalue weighted by molar-refractivity contribution is -0.140. The largest absolute Gasteiger partial charge is 0.507 e. The molecule has 0 aromatic heterocycles. The summed E-state index contributed by atoms with van der Waals surface area (Å²) in [6.07, 6.45) is 0. The summed E-state index contributed by atoms with van der Waals surface area (Å²) in [5.74, 6) is -0.444. The van der Waals surface area contributed by atoms with Gasteiger partial charge in [0.25, 0.3) is 11.7 Å². The summed E-state index contributed by atoms with van der Waals surface area (Å²) in [5.41, 5.74) is 2.16. The van der Waals surface area contributed by atoms with Crippen molar-refractivity contribution in [1.82, 2.24) is 4.90 Å². The first kappa shape index (κ1) is 25.0. The maximum atomic E-state index is 13.1. The Morgan fingerprint density at radius 1 is 0.917 bits per heavy atom. The topological polar surface area (TPSA) is 85.3 Å². The van der Waals surface area contributed by atoms with Crippen LogP contribution in [0.1, 0.15) is 29.7 Å². The number of amides is 1. The van der Waals surface area contributed by atoms with Gasteiger partial charge in [-0.3, -0.25) is 9.59 Å². The summed E-state index contributed by atoms with van der Waals surface area (Å²) in [4.78, 5) is 27.5.